The molecular formula is C15H14I2. The first-order valence-electron chi connectivity index (χ1n) is 5.58. The number of hydrogen-bond acceptors (Lipinski definition) is 0. The third-order valence-corrected chi connectivity index (χ3v) is 3.19. The summed E-state index contributed by atoms with van der Waals surface area (Å²) in [5, 5.41) is 0. The molecule has 0 aliphatic heterocycles. The van der Waals surface area contributed by atoms with Crippen molar-refractivity contribution in [1.29, 1.82) is 0 Å². The molecule has 0 N–H and O–H groups in total. The Morgan fingerprint density at radius 2 is 1.18 bits per heavy atom. The van der Waals surface area contributed by atoms with Gasteiger partial charge in [0.25, 0.3) is 0 Å². The number of hydrogen-bond donors (Lipinski definition) is 0. The molecule has 1 aliphatic rings. The Hall–Kier alpha value is -0.1000. The van der Waals surface area contributed by atoms with Gasteiger partial charge in [-0.2, -0.15) is 0 Å². The van der Waals surface area contributed by atoms with E-state index in [0.717, 1.165) is 6.42 Å². The molecule has 0 radical (unpaired) electrons. The van der Waals surface area contributed by atoms with Crippen LogP contribution in [0.2, 0.25) is 0 Å². The molecule has 0 nitrogen and oxygen atoms in total. The third kappa shape index (κ3) is 2.67. The maximum atomic E-state index is 2.31. The van der Waals surface area contributed by atoms with Gasteiger partial charge in [0.05, 0.1) is 0 Å². The van der Waals surface area contributed by atoms with Gasteiger partial charge >= 0.3 is 0 Å². The standard InChI is InChI=1S/C15H14.I2/c1-10-3-5-14-12(7-10)9-13-8-11(2)4-6-15(13)14;1-2/h3-8H,9H2,1-2H3;. The molecule has 0 spiro atoms. The number of benzene rings is 2. The van der Waals surface area contributed by atoms with Crippen molar-refractivity contribution in [2.75, 3.05) is 0 Å². The molecule has 0 aromatic heterocycles. The zero-order valence-corrected chi connectivity index (χ0v) is 14.2. The van der Waals surface area contributed by atoms with Crippen molar-refractivity contribution in [2.24, 2.45) is 0 Å². The van der Waals surface area contributed by atoms with E-state index < -0.39 is 0 Å². The highest BCUT2D eigenvalue weighted by Gasteiger charge is 2.17. The largest absolute Gasteiger partial charge is 0.0587 e. The molecule has 0 saturated heterocycles. The van der Waals surface area contributed by atoms with Crippen molar-refractivity contribution in [1.82, 2.24) is 0 Å². The number of halogens is 2. The van der Waals surface area contributed by atoms with Crippen LogP contribution in [0.5, 0.6) is 0 Å². The first-order valence-corrected chi connectivity index (χ1v) is 11.9. The average molecular weight is 448 g/mol. The smallest absolute Gasteiger partial charge is 0 e. The summed E-state index contributed by atoms with van der Waals surface area (Å²) in [6.45, 7) is 4.32. The predicted octanol–water partition coefficient (Wildman–Crippen LogP) is 5.65. The second kappa shape index (κ2) is 5.69. The quantitative estimate of drug-likeness (QED) is 0.391. The van der Waals surface area contributed by atoms with Crippen molar-refractivity contribution in [3.05, 3.63) is 58.7 Å². The van der Waals surface area contributed by atoms with Gasteiger partial charge in [-0.05, 0) is 42.5 Å². The highest BCUT2D eigenvalue weighted by Crippen LogP contribution is 2.37. The van der Waals surface area contributed by atoms with E-state index in [1.54, 1.807) is 0 Å². The van der Waals surface area contributed by atoms with Crippen molar-refractivity contribution < 1.29 is 0 Å². The fourth-order valence-electron chi connectivity index (χ4n) is 2.47. The SMILES string of the molecule is Cc1ccc2c(c1)Cc1cc(C)ccc1-2.II. The molecule has 3 rings (SSSR count). The first kappa shape index (κ1) is 13.3. The van der Waals surface area contributed by atoms with E-state index >= 15 is 0 Å². The van der Waals surface area contributed by atoms with E-state index in [1.165, 1.54) is 33.4 Å². The zero-order valence-electron chi connectivity index (χ0n) is 9.93. The predicted molar refractivity (Wildman–Crippen MR) is 92.2 cm³/mol. The summed E-state index contributed by atoms with van der Waals surface area (Å²) in [6.07, 6.45) is 1.11. The van der Waals surface area contributed by atoms with Crippen LogP contribution in [0.3, 0.4) is 0 Å². The third-order valence-electron chi connectivity index (χ3n) is 3.19. The molecular weight excluding hydrogens is 434 g/mol. The fraction of sp³-hybridized carbons (Fsp3) is 0.200. The molecule has 2 aromatic rings. The summed E-state index contributed by atoms with van der Waals surface area (Å²) < 4.78 is 0. The summed E-state index contributed by atoms with van der Waals surface area (Å²) >= 11 is 4.24. The van der Waals surface area contributed by atoms with Crippen LogP contribution in [0.1, 0.15) is 22.3 Å². The molecule has 88 valence electrons. The first-order chi connectivity index (χ1) is 8.24. The minimum absolute atomic E-state index is 1.11. The number of rotatable bonds is 0. The van der Waals surface area contributed by atoms with Crippen LogP contribution < -0.4 is 0 Å². The lowest BCUT2D eigenvalue weighted by Gasteiger charge is -2.01. The molecule has 0 heterocycles. The van der Waals surface area contributed by atoms with Gasteiger partial charge in [0.15, 0.2) is 0 Å². The van der Waals surface area contributed by atoms with Crippen molar-refractivity contribution >= 4 is 37.2 Å². The molecule has 0 atom stereocenters. The van der Waals surface area contributed by atoms with Crippen molar-refractivity contribution in [3.63, 3.8) is 0 Å². The van der Waals surface area contributed by atoms with Gasteiger partial charge < -0.3 is 0 Å². The Morgan fingerprint density at radius 1 is 0.765 bits per heavy atom. The Balaban J connectivity index is 0.000000514. The molecule has 0 bridgehead atoms. The molecule has 2 heteroatoms. The van der Waals surface area contributed by atoms with Gasteiger partial charge in [0.1, 0.15) is 0 Å². The lowest BCUT2D eigenvalue weighted by molar-refractivity contribution is 1.24. The Morgan fingerprint density at radius 3 is 1.59 bits per heavy atom. The summed E-state index contributed by atoms with van der Waals surface area (Å²) in [4.78, 5) is 0. The zero-order chi connectivity index (χ0) is 12.4. The average Bonchev–Trinajstić information content (AvgIpc) is 2.67. The summed E-state index contributed by atoms with van der Waals surface area (Å²) in [5.41, 5.74) is 8.54. The van der Waals surface area contributed by atoms with Gasteiger partial charge in [0, 0.05) is 37.2 Å². The molecule has 0 unspecified atom stereocenters. The molecule has 0 amide bonds. The van der Waals surface area contributed by atoms with E-state index in [0.29, 0.717) is 0 Å². The van der Waals surface area contributed by atoms with Gasteiger partial charge in [-0.25, -0.2) is 0 Å². The minimum Gasteiger partial charge on any atom is -0.0587 e. The summed E-state index contributed by atoms with van der Waals surface area (Å²) in [7, 11) is 0. The normalized spacial score (nSPS) is 11.3. The summed E-state index contributed by atoms with van der Waals surface area (Å²) in [5.74, 6) is 0. The van der Waals surface area contributed by atoms with Crippen LogP contribution >= 0.6 is 37.2 Å². The van der Waals surface area contributed by atoms with Crippen LogP contribution in [0.4, 0.5) is 0 Å². The van der Waals surface area contributed by atoms with E-state index in [4.69, 9.17) is 0 Å². The van der Waals surface area contributed by atoms with E-state index in [1.807, 2.05) is 0 Å². The van der Waals surface area contributed by atoms with Crippen molar-refractivity contribution in [2.45, 2.75) is 20.3 Å². The summed E-state index contributed by atoms with van der Waals surface area (Å²) in [6, 6.07) is 13.5. The van der Waals surface area contributed by atoms with E-state index in [-0.39, 0.29) is 0 Å². The van der Waals surface area contributed by atoms with Crippen LogP contribution in [-0.4, -0.2) is 0 Å². The maximum absolute atomic E-state index is 2.31. The minimum atomic E-state index is 1.11. The fourth-order valence-corrected chi connectivity index (χ4v) is 2.47. The lowest BCUT2D eigenvalue weighted by atomic mass is 10.0. The molecule has 0 fully saturated rings. The Kier molecular flexibility index (Phi) is 4.47. The number of fused-ring (bicyclic) bond motifs is 3. The van der Waals surface area contributed by atoms with Gasteiger partial charge in [0.2, 0.25) is 0 Å². The van der Waals surface area contributed by atoms with Gasteiger partial charge in [-0.3, -0.25) is 0 Å². The van der Waals surface area contributed by atoms with Gasteiger partial charge in [-0.15, -0.1) is 0 Å². The maximum Gasteiger partial charge on any atom is 0 e. The van der Waals surface area contributed by atoms with Crippen LogP contribution in [0.15, 0.2) is 36.4 Å². The van der Waals surface area contributed by atoms with Gasteiger partial charge in [-0.1, -0.05) is 47.5 Å². The topological polar surface area (TPSA) is 0 Å². The monoisotopic (exact) mass is 448 g/mol. The second-order valence-electron chi connectivity index (χ2n) is 4.50. The molecule has 17 heavy (non-hydrogen) atoms. The Labute approximate surface area is 126 Å². The second-order valence-corrected chi connectivity index (χ2v) is 4.50. The molecule has 2 aromatic carbocycles. The Bertz CT molecular complexity index is 495. The van der Waals surface area contributed by atoms with Crippen molar-refractivity contribution in [3.8, 4) is 11.1 Å². The van der Waals surface area contributed by atoms with Crippen LogP contribution in [0, 0.1) is 13.8 Å². The highest BCUT2D eigenvalue weighted by atomic mass is 128. The number of aryl methyl sites for hydroxylation is 2. The molecule has 0 saturated carbocycles. The lowest BCUT2D eigenvalue weighted by Crippen LogP contribution is -1.81. The van der Waals surface area contributed by atoms with Crippen LogP contribution in [-0.2, 0) is 6.42 Å². The van der Waals surface area contributed by atoms with E-state index in [2.05, 4.69) is 87.5 Å². The molecule has 1 aliphatic carbocycles. The van der Waals surface area contributed by atoms with Crippen LogP contribution in [0.25, 0.3) is 11.1 Å². The van der Waals surface area contributed by atoms with E-state index in [9.17, 15) is 0 Å². The highest BCUT2D eigenvalue weighted by molar-refractivity contribution is 15.0.